The van der Waals surface area contributed by atoms with Crippen molar-refractivity contribution < 1.29 is 5.11 Å². The highest BCUT2D eigenvalue weighted by molar-refractivity contribution is 5.25. The van der Waals surface area contributed by atoms with Gasteiger partial charge in [-0.15, -0.1) is 0 Å². The Bertz CT molecular complexity index is 387. The van der Waals surface area contributed by atoms with Gasteiger partial charge in [0.15, 0.2) is 0 Å². The number of aliphatic hydroxyl groups is 1. The van der Waals surface area contributed by atoms with E-state index in [2.05, 4.69) is 29.6 Å². The predicted octanol–water partition coefficient (Wildman–Crippen LogP) is 3.45. The minimum absolute atomic E-state index is 0.411. The molecule has 2 nitrogen and oxygen atoms in total. The van der Waals surface area contributed by atoms with Crippen LogP contribution in [0.2, 0.25) is 0 Å². The molecule has 1 saturated carbocycles. The first-order valence-corrected chi connectivity index (χ1v) is 8.30. The molecule has 1 atom stereocenters. The molecule has 0 bridgehead atoms. The first kappa shape index (κ1) is 14.1. The summed E-state index contributed by atoms with van der Waals surface area (Å²) in [7, 11) is 0. The summed E-state index contributed by atoms with van der Waals surface area (Å²) >= 11 is 0. The van der Waals surface area contributed by atoms with Crippen LogP contribution in [-0.2, 0) is 5.60 Å². The fourth-order valence-electron chi connectivity index (χ4n) is 4.31. The van der Waals surface area contributed by atoms with Crippen molar-refractivity contribution in [3.05, 3.63) is 35.9 Å². The van der Waals surface area contributed by atoms with Crippen molar-refractivity contribution >= 4 is 0 Å². The summed E-state index contributed by atoms with van der Waals surface area (Å²) in [6.45, 7) is 2.10. The van der Waals surface area contributed by atoms with Crippen molar-refractivity contribution in [3.63, 3.8) is 0 Å². The Hall–Kier alpha value is -0.860. The van der Waals surface area contributed by atoms with E-state index in [0.29, 0.717) is 11.8 Å². The van der Waals surface area contributed by atoms with Crippen LogP contribution < -0.4 is 5.32 Å². The molecule has 1 saturated heterocycles. The molecule has 0 amide bonds. The van der Waals surface area contributed by atoms with Crippen LogP contribution in [0.1, 0.15) is 50.5 Å². The first-order valence-electron chi connectivity index (χ1n) is 8.30. The lowest BCUT2D eigenvalue weighted by atomic mass is 9.65. The van der Waals surface area contributed by atoms with Gasteiger partial charge >= 0.3 is 0 Å². The first-order chi connectivity index (χ1) is 9.82. The molecule has 0 unspecified atom stereocenters. The van der Waals surface area contributed by atoms with Crippen LogP contribution in [-0.4, -0.2) is 18.2 Å². The molecule has 20 heavy (non-hydrogen) atoms. The quantitative estimate of drug-likeness (QED) is 0.884. The van der Waals surface area contributed by atoms with Gasteiger partial charge < -0.3 is 10.4 Å². The van der Waals surface area contributed by atoms with Crippen molar-refractivity contribution in [2.24, 2.45) is 11.8 Å². The Labute approximate surface area is 122 Å². The summed E-state index contributed by atoms with van der Waals surface area (Å²) in [5.74, 6) is 0.857. The molecule has 2 N–H and O–H groups in total. The summed E-state index contributed by atoms with van der Waals surface area (Å²) in [5.41, 5.74) is 0.544. The molecule has 110 valence electrons. The average Bonchev–Trinajstić information content (AvgIpc) is 2.56. The van der Waals surface area contributed by atoms with Gasteiger partial charge in [0.2, 0.25) is 0 Å². The number of hydrogen-bond acceptors (Lipinski definition) is 2. The Balaban J connectivity index is 1.92. The standard InChI is InChI=1S/C18H27NO/c20-18(15-7-3-1-4-8-15,16-9-5-2-6-10-16)17-11-13-19-14-12-17/h1,3-4,7-8,16-17,19-20H,2,5-6,9-14H2/t18-/m1/s1. The maximum Gasteiger partial charge on any atom is 0.0953 e. The SMILES string of the molecule is O[C@](c1ccccc1)(C1CCCCC1)C1CCNCC1. The number of nitrogens with one attached hydrogen (secondary N) is 1. The zero-order valence-electron chi connectivity index (χ0n) is 12.4. The van der Waals surface area contributed by atoms with Gasteiger partial charge in [0, 0.05) is 0 Å². The molecular formula is C18H27NO. The fourth-order valence-corrected chi connectivity index (χ4v) is 4.31. The van der Waals surface area contributed by atoms with E-state index in [4.69, 9.17) is 0 Å². The molecule has 0 spiro atoms. The summed E-state index contributed by atoms with van der Waals surface area (Å²) in [6.07, 6.45) is 8.48. The average molecular weight is 273 g/mol. The van der Waals surface area contributed by atoms with Crippen LogP contribution in [0.25, 0.3) is 0 Å². The molecular weight excluding hydrogens is 246 g/mol. The zero-order valence-corrected chi connectivity index (χ0v) is 12.4. The van der Waals surface area contributed by atoms with Gasteiger partial charge in [-0.25, -0.2) is 0 Å². The van der Waals surface area contributed by atoms with Crippen molar-refractivity contribution in [1.82, 2.24) is 5.32 Å². The maximum atomic E-state index is 11.7. The Kier molecular flexibility index (Phi) is 4.42. The van der Waals surface area contributed by atoms with Crippen molar-refractivity contribution in [1.29, 1.82) is 0 Å². The molecule has 0 aromatic heterocycles. The lowest BCUT2D eigenvalue weighted by molar-refractivity contribution is -0.0969. The van der Waals surface area contributed by atoms with Gasteiger partial charge in [-0.3, -0.25) is 0 Å². The van der Waals surface area contributed by atoms with Crippen LogP contribution >= 0.6 is 0 Å². The van der Waals surface area contributed by atoms with E-state index in [1.165, 1.54) is 32.1 Å². The molecule has 1 aromatic carbocycles. The third-order valence-corrected chi connectivity index (χ3v) is 5.43. The van der Waals surface area contributed by atoms with E-state index < -0.39 is 5.60 Å². The topological polar surface area (TPSA) is 32.3 Å². The lowest BCUT2D eigenvalue weighted by Gasteiger charge is -2.46. The largest absolute Gasteiger partial charge is 0.385 e. The minimum atomic E-state index is -0.607. The molecule has 0 radical (unpaired) electrons. The highest BCUT2D eigenvalue weighted by Crippen LogP contribution is 2.46. The highest BCUT2D eigenvalue weighted by Gasteiger charge is 2.45. The van der Waals surface area contributed by atoms with E-state index in [-0.39, 0.29) is 0 Å². The molecule has 2 aliphatic rings. The van der Waals surface area contributed by atoms with Crippen LogP contribution in [0.4, 0.5) is 0 Å². The minimum Gasteiger partial charge on any atom is -0.385 e. The van der Waals surface area contributed by atoms with Gasteiger partial charge in [0.1, 0.15) is 0 Å². The second-order valence-electron chi connectivity index (χ2n) is 6.55. The van der Waals surface area contributed by atoms with Crippen LogP contribution in [0, 0.1) is 11.8 Å². The zero-order chi connectivity index (χ0) is 13.8. The van der Waals surface area contributed by atoms with Crippen LogP contribution in [0.5, 0.6) is 0 Å². The molecule has 1 aliphatic heterocycles. The summed E-state index contributed by atoms with van der Waals surface area (Å²) in [5, 5.41) is 15.1. The predicted molar refractivity (Wildman–Crippen MR) is 82.5 cm³/mol. The normalized spacial score (nSPS) is 25.2. The lowest BCUT2D eigenvalue weighted by Crippen LogP contribution is -2.47. The Morgan fingerprint density at radius 2 is 1.45 bits per heavy atom. The van der Waals surface area contributed by atoms with E-state index in [1.54, 1.807) is 0 Å². The highest BCUT2D eigenvalue weighted by atomic mass is 16.3. The molecule has 1 aromatic rings. The fraction of sp³-hybridized carbons (Fsp3) is 0.667. The van der Waals surface area contributed by atoms with Gasteiger partial charge in [0.05, 0.1) is 5.60 Å². The number of hydrogen-bond donors (Lipinski definition) is 2. The van der Waals surface area contributed by atoms with Crippen molar-refractivity contribution in [2.45, 2.75) is 50.5 Å². The number of rotatable bonds is 3. The van der Waals surface area contributed by atoms with E-state index in [1.807, 2.05) is 6.07 Å². The van der Waals surface area contributed by atoms with Gasteiger partial charge in [-0.2, -0.15) is 0 Å². The molecule has 2 heteroatoms. The van der Waals surface area contributed by atoms with Crippen molar-refractivity contribution in [2.75, 3.05) is 13.1 Å². The molecule has 1 aliphatic carbocycles. The third kappa shape index (κ3) is 2.64. The summed E-state index contributed by atoms with van der Waals surface area (Å²) in [4.78, 5) is 0. The molecule has 1 heterocycles. The van der Waals surface area contributed by atoms with Gasteiger partial charge in [-0.1, -0.05) is 49.6 Å². The van der Waals surface area contributed by atoms with Crippen LogP contribution in [0.15, 0.2) is 30.3 Å². The molecule has 2 fully saturated rings. The van der Waals surface area contributed by atoms with E-state index in [9.17, 15) is 5.11 Å². The van der Waals surface area contributed by atoms with Gasteiger partial charge in [0.25, 0.3) is 0 Å². The smallest absolute Gasteiger partial charge is 0.0953 e. The van der Waals surface area contributed by atoms with E-state index in [0.717, 1.165) is 31.5 Å². The van der Waals surface area contributed by atoms with E-state index >= 15 is 0 Å². The molecule has 3 rings (SSSR count). The monoisotopic (exact) mass is 273 g/mol. The number of piperidine rings is 1. The summed E-state index contributed by atoms with van der Waals surface area (Å²) in [6, 6.07) is 10.5. The Morgan fingerprint density at radius 3 is 2.10 bits per heavy atom. The maximum absolute atomic E-state index is 11.7. The van der Waals surface area contributed by atoms with Crippen LogP contribution in [0.3, 0.4) is 0 Å². The number of benzene rings is 1. The second-order valence-corrected chi connectivity index (χ2v) is 6.55. The Morgan fingerprint density at radius 1 is 0.850 bits per heavy atom. The van der Waals surface area contributed by atoms with Gasteiger partial charge in [-0.05, 0) is 56.2 Å². The van der Waals surface area contributed by atoms with Crippen molar-refractivity contribution in [3.8, 4) is 0 Å². The third-order valence-electron chi connectivity index (χ3n) is 5.43. The summed E-state index contributed by atoms with van der Waals surface area (Å²) < 4.78 is 0. The second kappa shape index (κ2) is 6.28.